The number of rotatable bonds is 6. The number of amides is 1. The Balaban J connectivity index is 2.06. The highest BCUT2D eigenvalue weighted by molar-refractivity contribution is 5.68. The molecule has 0 aliphatic heterocycles. The fourth-order valence-electron chi connectivity index (χ4n) is 2.56. The van der Waals surface area contributed by atoms with E-state index in [0.717, 1.165) is 24.1 Å². The third kappa shape index (κ3) is 7.81. The summed E-state index contributed by atoms with van der Waals surface area (Å²) in [6.07, 6.45) is 3.46. The molecule has 1 amide bonds. The minimum atomic E-state index is -0.543. The zero-order valence-corrected chi connectivity index (χ0v) is 17.4. The van der Waals surface area contributed by atoms with Gasteiger partial charge in [-0.25, -0.2) is 4.79 Å². The number of nitrogens with one attached hydrogen (secondary N) is 1. The highest BCUT2D eigenvalue weighted by atomic mass is 16.6. The molecule has 0 aliphatic carbocycles. The number of aryl methyl sites for hydroxylation is 1. The Kier molecular flexibility index (Phi) is 6.63. The molecule has 0 saturated carbocycles. The summed E-state index contributed by atoms with van der Waals surface area (Å²) in [5.41, 5.74) is 2.92. The predicted molar refractivity (Wildman–Crippen MR) is 106 cm³/mol. The molecule has 2 rings (SSSR count). The van der Waals surface area contributed by atoms with Crippen LogP contribution >= 0.6 is 0 Å². The first-order valence-corrected chi connectivity index (χ1v) is 9.42. The van der Waals surface area contributed by atoms with Crippen LogP contribution in [-0.4, -0.2) is 32.0 Å². The summed E-state index contributed by atoms with van der Waals surface area (Å²) >= 11 is 0. The zero-order chi connectivity index (χ0) is 20.1. The van der Waals surface area contributed by atoms with Gasteiger partial charge in [0.25, 0.3) is 0 Å². The Labute approximate surface area is 162 Å². The summed E-state index contributed by atoms with van der Waals surface area (Å²) in [6.45, 7) is 13.2. The first kappa shape index (κ1) is 20.9. The van der Waals surface area contributed by atoms with Crippen LogP contribution in [0, 0.1) is 5.41 Å². The number of benzene rings is 1. The number of hydrogen-bond acceptors (Lipinski definition) is 4. The van der Waals surface area contributed by atoms with E-state index in [1.807, 2.05) is 20.8 Å². The Morgan fingerprint density at radius 2 is 1.67 bits per heavy atom. The average Bonchev–Trinajstić information content (AvgIpc) is 3.04. The fourth-order valence-corrected chi connectivity index (χ4v) is 2.56. The minimum Gasteiger partial charge on any atom is -0.444 e. The lowest BCUT2D eigenvalue weighted by molar-refractivity contribution is 0.0214. The zero-order valence-electron chi connectivity index (χ0n) is 17.4. The van der Waals surface area contributed by atoms with E-state index in [1.54, 1.807) is 11.1 Å². The van der Waals surface area contributed by atoms with Crippen LogP contribution in [0.2, 0.25) is 0 Å². The van der Waals surface area contributed by atoms with Gasteiger partial charge in [0.1, 0.15) is 5.60 Å². The van der Waals surface area contributed by atoms with Crippen LogP contribution in [0.15, 0.2) is 30.5 Å². The van der Waals surface area contributed by atoms with Gasteiger partial charge in [-0.1, -0.05) is 50.3 Å². The fraction of sp³-hybridized carbons (Fsp3) is 0.571. The molecule has 0 fully saturated rings. The van der Waals surface area contributed by atoms with Gasteiger partial charge in [-0.2, -0.15) is 0 Å². The van der Waals surface area contributed by atoms with Crippen molar-refractivity contribution in [2.45, 2.75) is 73.1 Å². The van der Waals surface area contributed by atoms with Crippen molar-refractivity contribution in [1.29, 1.82) is 0 Å². The molecule has 0 saturated heterocycles. The molecule has 0 unspecified atom stereocenters. The Hall–Kier alpha value is -2.37. The third-order valence-electron chi connectivity index (χ3n) is 4.04. The van der Waals surface area contributed by atoms with Crippen molar-refractivity contribution >= 4 is 6.09 Å². The topological polar surface area (TPSA) is 71.1 Å². The van der Waals surface area contributed by atoms with Gasteiger partial charge in [-0.05, 0) is 50.2 Å². The molecule has 6 nitrogen and oxygen atoms in total. The van der Waals surface area contributed by atoms with E-state index in [1.165, 1.54) is 5.56 Å². The van der Waals surface area contributed by atoms with Crippen LogP contribution in [0.3, 0.4) is 0 Å². The van der Waals surface area contributed by atoms with E-state index in [0.29, 0.717) is 18.5 Å². The number of H-pyrrole nitrogens is 1. The summed E-state index contributed by atoms with van der Waals surface area (Å²) in [4.78, 5) is 14.3. The molecule has 0 radical (unpaired) electrons. The van der Waals surface area contributed by atoms with E-state index in [9.17, 15) is 4.79 Å². The van der Waals surface area contributed by atoms with Crippen molar-refractivity contribution in [3.63, 3.8) is 0 Å². The van der Waals surface area contributed by atoms with Gasteiger partial charge in [0.2, 0.25) is 0 Å². The molecule has 1 heterocycles. The van der Waals surface area contributed by atoms with E-state index >= 15 is 0 Å². The van der Waals surface area contributed by atoms with Crippen LogP contribution in [0.5, 0.6) is 0 Å². The monoisotopic (exact) mass is 372 g/mol. The van der Waals surface area contributed by atoms with E-state index in [4.69, 9.17) is 4.74 Å². The standard InChI is InChI=1S/C21H32N4O2/c1-20(2,3)12-11-16-7-9-17(10-8-16)14-25(15-18-13-22-24-23-18)19(26)27-21(4,5)6/h7-10,13H,11-12,14-15H2,1-6H3,(H,22,23,24). The maximum Gasteiger partial charge on any atom is 0.410 e. The second-order valence-corrected chi connectivity index (χ2v) is 9.20. The maximum atomic E-state index is 12.6. The third-order valence-corrected chi connectivity index (χ3v) is 4.04. The highest BCUT2D eigenvalue weighted by Gasteiger charge is 2.23. The minimum absolute atomic E-state index is 0.324. The van der Waals surface area contributed by atoms with Crippen molar-refractivity contribution in [3.05, 3.63) is 47.3 Å². The van der Waals surface area contributed by atoms with E-state index < -0.39 is 5.60 Å². The van der Waals surface area contributed by atoms with Crippen LogP contribution in [0.1, 0.15) is 64.8 Å². The Bertz CT molecular complexity index is 710. The smallest absolute Gasteiger partial charge is 0.410 e. The molecule has 1 aromatic heterocycles. The van der Waals surface area contributed by atoms with Crippen LogP contribution in [0.4, 0.5) is 4.79 Å². The number of carbonyl (C=O) groups is 1. The van der Waals surface area contributed by atoms with Gasteiger partial charge in [-0.3, -0.25) is 10.00 Å². The molecule has 27 heavy (non-hydrogen) atoms. The second kappa shape index (κ2) is 8.55. The first-order chi connectivity index (χ1) is 12.5. The lowest BCUT2D eigenvalue weighted by Gasteiger charge is -2.27. The second-order valence-electron chi connectivity index (χ2n) is 9.20. The SMILES string of the molecule is CC(C)(C)CCc1ccc(CN(Cc2cnn[nH]2)C(=O)OC(C)(C)C)cc1. The van der Waals surface area contributed by atoms with Gasteiger partial charge in [0, 0.05) is 6.54 Å². The lowest BCUT2D eigenvalue weighted by atomic mass is 9.88. The number of ether oxygens (including phenoxy) is 1. The predicted octanol–water partition coefficient (Wildman–Crippen LogP) is 4.72. The van der Waals surface area contributed by atoms with Gasteiger partial charge >= 0.3 is 6.09 Å². The molecule has 148 valence electrons. The summed E-state index contributed by atoms with van der Waals surface area (Å²) in [5, 5.41) is 10.3. The average molecular weight is 373 g/mol. The van der Waals surface area contributed by atoms with Crippen LogP contribution in [-0.2, 0) is 24.2 Å². The molecule has 0 bridgehead atoms. The van der Waals surface area contributed by atoms with Crippen LogP contribution in [0.25, 0.3) is 0 Å². The van der Waals surface area contributed by atoms with Gasteiger partial charge in [0.05, 0.1) is 18.4 Å². The van der Waals surface area contributed by atoms with Crippen molar-refractivity contribution in [2.24, 2.45) is 5.41 Å². The van der Waals surface area contributed by atoms with Gasteiger partial charge in [0.15, 0.2) is 0 Å². The van der Waals surface area contributed by atoms with Gasteiger partial charge < -0.3 is 4.74 Å². The number of aromatic amines is 1. The van der Waals surface area contributed by atoms with Crippen LogP contribution < -0.4 is 0 Å². The largest absolute Gasteiger partial charge is 0.444 e. The molecule has 1 aromatic carbocycles. The highest BCUT2D eigenvalue weighted by Crippen LogP contribution is 2.22. The molecule has 0 spiro atoms. The Morgan fingerprint density at radius 3 is 2.19 bits per heavy atom. The molecule has 0 atom stereocenters. The molecular formula is C21H32N4O2. The number of carbonyl (C=O) groups excluding carboxylic acids is 1. The normalized spacial score (nSPS) is 12.1. The van der Waals surface area contributed by atoms with Crippen molar-refractivity contribution in [3.8, 4) is 0 Å². The molecular weight excluding hydrogens is 340 g/mol. The Morgan fingerprint density at radius 1 is 1.04 bits per heavy atom. The number of nitrogens with zero attached hydrogens (tertiary/aromatic N) is 3. The van der Waals surface area contributed by atoms with Crippen molar-refractivity contribution in [2.75, 3.05) is 0 Å². The first-order valence-electron chi connectivity index (χ1n) is 9.42. The summed E-state index contributed by atoms with van der Waals surface area (Å²) in [5.74, 6) is 0. The summed E-state index contributed by atoms with van der Waals surface area (Å²) < 4.78 is 5.55. The molecule has 0 aliphatic rings. The van der Waals surface area contributed by atoms with E-state index in [2.05, 4.69) is 60.4 Å². The maximum absolute atomic E-state index is 12.6. The number of aromatic nitrogens is 3. The van der Waals surface area contributed by atoms with E-state index in [-0.39, 0.29) is 6.09 Å². The molecule has 6 heteroatoms. The quantitative estimate of drug-likeness (QED) is 0.796. The van der Waals surface area contributed by atoms with Crippen molar-refractivity contribution < 1.29 is 9.53 Å². The van der Waals surface area contributed by atoms with Gasteiger partial charge in [-0.15, -0.1) is 5.10 Å². The van der Waals surface area contributed by atoms with Crippen molar-refractivity contribution in [1.82, 2.24) is 20.3 Å². The lowest BCUT2D eigenvalue weighted by Crippen LogP contribution is -2.36. The molecule has 2 aromatic rings. The summed E-state index contributed by atoms with van der Waals surface area (Å²) in [7, 11) is 0. The number of hydrogen-bond donors (Lipinski definition) is 1. The summed E-state index contributed by atoms with van der Waals surface area (Å²) in [6, 6.07) is 8.46. The molecule has 1 N–H and O–H groups in total.